The van der Waals surface area contributed by atoms with E-state index in [1.807, 2.05) is 0 Å². The summed E-state index contributed by atoms with van der Waals surface area (Å²) in [4.78, 5) is 11.2. The standard InChI is InChI=1S/C16H24O5S.Na/c1-2-3-4-5-6-7-8-13-16(17)21-14-11-9-10-12-15(14)22(18,19)20;/h9-12H,2-8,13H2,1H3,(H,18,19,20);/q;+1/p-1. The summed E-state index contributed by atoms with van der Waals surface area (Å²) in [5, 5.41) is 0. The largest absolute Gasteiger partial charge is 1.00 e. The van der Waals surface area contributed by atoms with Crippen molar-refractivity contribution in [3.05, 3.63) is 24.3 Å². The Bertz CT molecular complexity index is 572. The minimum atomic E-state index is -4.64. The molecule has 0 aliphatic heterocycles. The van der Waals surface area contributed by atoms with Gasteiger partial charge in [0.2, 0.25) is 0 Å². The molecule has 1 rings (SSSR count). The maximum atomic E-state index is 11.7. The summed E-state index contributed by atoms with van der Waals surface area (Å²) in [6.45, 7) is 2.16. The van der Waals surface area contributed by atoms with E-state index in [2.05, 4.69) is 6.92 Å². The summed E-state index contributed by atoms with van der Waals surface area (Å²) >= 11 is 0. The van der Waals surface area contributed by atoms with Crippen LogP contribution in [0.3, 0.4) is 0 Å². The van der Waals surface area contributed by atoms with Crippen LogP contribution in [-0.2, 0) is 14.9 Å². The van der Waals surface area contributed by atoms with Crippen molar-refractivity contribution in [2.75, 3.05) is 0 Å². The molecule has 0 heterocycles. The van der Waals surface area contributed by atoms with E-state index in [4.69, 9.17) is 4.74 Å². The van der Waals surface area contributed by atoms with E-state index >= 15 is 0 Å². The number of unbranched alkanes of at least 4 members (excludes halogenated alkanes) is 6. The number of esters is 1. The fraction of sp³-hybridized carbons (Fsp3) is 0.562. The number of carbonyl (C=O) groups is 1. The smallest absolute Gasteiger partial charge is 0.744 e. The Kier molecular flexibility index (Phi) is 11.8. The van der Waals surface area contributed by atoms with Crippen LogP contribution in [0.2, 0.25) is 0 Å². The van der Waals surface area contributed by atoms with Gasteiger partial charge in [0.1, 0.15) is 15.9 Å². The van der Waals surface area contributed by atoms with Crippen molar-refractivity contribution in [1.29, 1.82) is 0 Å². The van der Waals surface area contributed by atoms with Crippen LogP contribution in [0.4, 0.5) is 0 Å². The molecule has 0 saturated carbocycles. The zero-order chi connectivity index (χ0) is 16.4. The van der Waals surface area contributed by atoms with Gasteiger partial charge in [0.05, 0.1) is 4.90 Å². The minimum Gasteiger partial charge on any atom is -0.744 e. The number of benzene rings is 1. The van der Waals surface area contributed by atoms with Gasteiger partial charge in [-0.2, -0.15) is 0 Å². The fourth-order valence-electron chi connectivity index (χ4n) is 2.14. The number of hydrogen-bond acceptors (Lipinski definition) is 5. The first-order valence-electron chi connectivity index (χ1n) is 7.70. The molecule has 124 valence electrons. The Morgan fingerprint density at radius 3 is 2.22 bits per heavy atom. The number of hydrogen-bond donors (Lipinski definition) is 0. The van der Waals surface area contributed by atoms with E-state index in [1.165, 1.54) is 43.9 Å². The normalized spacial score (nSPS) is 10.9. The predicted molar refractivity (Wildman–Crippen MR) is 82.7 cm³/mol. The van der Waals surface area contributed by atoms with Crippen molar-refractivity contribution in [3.8, 4) is 5.75 Å². The van der Waals surface area contributed by atoms with E-state index in [-0.39, 0.29) is 41.7 Å². The van der Waals surface area contributed by atoms with Gasteiger partial charge in [-0.3, -0.25) is 4.79 Å². The van der Waals surface area contributed by atoms with Gasteiger partial charge in [0.15, 0.2) is 0 Å². The summed E-state index contributed by atoms with van der Waals surface area (Å²) in [6.07, 6.45) is 7.78. The summed E-state index contributed by atoms with van der Waals surface area (Å²) in [5.74, 6) is -0.699. The van der Waals surface area contributed by atoms with Gasteiger partial charge in [-0.1, -0.05) is 57.6 Å². The third-order valence-corrected chi connectivity index (χ3v) is 4.20. The zero-order valence-electron chi connectivity index (χ0n) is 13.9. The Labute approximate surface area is 160 Å². The molecule has 0 atom stereocenters. The molecule has 0 fully saturated rings. The number of carbonyl (C=O) groups excluding carboxylic acids is 1. The van der Waals surface area contributed by atoms with Crippen LogP contribution in [0.25, 0.3) is 0 Å². The molecule has 0 amide bonds. The third kappa shape index (κ3) is 9.47. The average Bonchev–Trinajstić information content (AvgIpc) is 2.46. The molecule has 23 heavy (non-hydrogen) atoms. The van der Waals surface area contributed by atoms with Crippen molar-refractivity contribution in [1.82, 2.24) is 0 Å². The molecule has 7 heteroatoms. The molecular formula is C16H23NaO5S. The van der Waals surface area contributed by atoms with Crippen LogP contribution in [0.5, 0.6) is 5.75 Å². The Hall–Kier alpha value is -0.400. The Morgan fingerprint density at radius 1 is 1.04 bits per heavy atom. The molecule has 0 unspecified atom stereocenters. The van der Waals surface area contributed by atoms with Crippen LogP contribution in [-0.4, -0.2) is 18.9 Å². The van der Waals surface area contributed by atoms with Gasteiger partial charge >= 0.3 is 35.5 Å². The van der Waals surface area contributed by atoms with Gasteiger partial charge in [-0.05, 0) is 18.6 Å². The maximum absolute atomic E-state index is 11.7. The Balaban J connectivity index is 0.00000484. The van der Waals surface area contributed by atoms with Crippen molar-refractivity contribution >= 4 is 16.1 Å². The van der Waals surface area contributed by atoms with Crippen LogP contribution < -0.4 is 34.3 Å². The molecule has 0 aromatic heterocycles. The molecule has 0 aliphatic rings. The summed E-state index contributed by atoms with van der Waals surface area (Å²) in [5.41, 5.74) is 0. The van der Waals surface area contributed by atoms with Gasteiger partial charge in [-0.25, -0.2) is 8.42 Å². The zero-order valence-corrected chi connectivity index (χ0v) is 16.7. The van der Waals surface area contributed by atoms with E-state index in [1.54, 1.807) is 0 Å². The summed E-state index contributed by atoms with van der Waals surface area (Å²) in [7, 11) is -4.64. The van der Waals surface area contributed by atoms with Crippen molar-refractivity contribution < 1.29 is 52.1 Å². The fourth-order valence-corrected chi connectivity index (χ4v) is 2.74. The molecule has 0 N–H and O–H groups in total. The molecule has 0 bridgehead atoms. The van der Waals surface area contributed by atoms with Gasteiger partial charge < -0.3 is 9.29 Å². The molecule has 1 aromatic rings. The first-order valence-corrected chi connectivity index (χ1v) is 9.11. The van der Waals surface area contributed by atoms with Gasteiger partial charge in [0.25, 0.3) is 0 Å². The van der Waals surface area contributed by atoms with Crippen molar-refractivity contribution in [2.24, 2.45) is 0 Å². The van der Waals surface area contributed by atoms with Crippen LogP contribution in [0.15, 0.2) is 29.2 Å². The molecule has 0 spiro atoms. The number of ether oxygens (including phenoxy) is 1. The first kappa shape index (κ1) is 22.6. The van der Waals surface area contributed by atoms with Crippen molar-refractivity contribution in [2.45, 2.75) is 63.2 Å². The summed E-state index contributed by atoms with van der Waals surface area (Å²) < 4.78 is 38.2. The third-order valence-electron chi connectivity index (χ3n) is 3.33. The van der Waals surface area contributed by atoms with Crippen LogP contribution in [0.1, 0.15) is 58.3 Å². The van der Waals surface area contributed by atoms with E-state index in [0.29, 0.717) is 6.42 Å². The second-order valence-corrected chi connectivity index (χ2v) is 6.59. The first-order chi connectivity index (χ1) is 10.4. The van der Waals surface area contributed by atoms with Crippen LogP contribution in [0, 0.1) is 0 Å². The second-order valence-electron chi connectivity index (χ2n) is 5.25. The average molecular weight is 350 g/mol. The monoisotopic (exact) mass is 350 g/mol. The molecule has 0 radical (unpaired) electrons. The number of para-hydroxylation sites is 1. The minimum absolute atomic E-state index is 0. The van der Waals surface area contributed by atoms with Gasteiger partial charge in [-0.15, -0.1) is 0 Å². The molecule has 0 aliphatic carbocycles. The van der Waals surface area contributed by atoms with Crippen LogP contribution >= 0.6 is 0 Å². The van der Waals surface area contributed by atoms with E-state index in [9.17, 15) is 17.8 Å². The quantitative estimate of drug-likeness (QED) is 0.203. The van der Waals surface area contributed by atoms with Crippen molar-refractivity contribution in [3.63, 3.8) is 0 Å². The predicted octanol–water partition coefficient (Wildman–Crippen LogP) is 0.641. The molecule has 0 saturated heterocycles. The van der Waals surface area contributed by atoms with E-state index < -0.39 is 21.0 Å². The van der Waals surface area contributed by atoms with E-state index in [0.717, 1.165) is 18.9 Å². The van der Waals surface area contributed by atoms with Gasteiger partial charge in [0, 0.05) is 6.42 Å². The topological polar surface area (TPSA) is 83.5 Å². The Morgan fingerprint density at radius 2 is 1.61 bits per heavy atom. The molecule has 5 nitrogen and oxygen atoms in total. The SMILES string of the molecule is CCCCCCCCCC(=O)Oc1ccccc1S(=O)(=O)[O-].[Na+]. The molecule has 1 aromatic carbocycles. The second kappa shape index (κ2) is 12.0. The molecular weight excluding hydrogens is 327 g/mol. The summed E-state index contributed by atoms with van der Waals surface area (Å²) in [6, 6.07) is 5.38. The maximum Gasteiger partial charge on any atom is 1.00 e. The number of rotatable bonds is 10.